The van der Waals surface area contributed by atoms with Gasteiger partial charge in [-0.05, 0) is 81.2 Å². The van der Waals surface area contributed by atoms with E-state index in [2.05, 4.69) is 29.4 Å². The van der Waals surface area contributed by atoms with E-state index < -0.39 is 0 Å². The third-order valence-electron chi connectivity index (χ3n) is 5.73. The molecule has 5 nitrogen and oxygen atoms in total. The van der Waals surface area contributed by atoms with Crippen molar-refractivity contribution in [3.63, 3.8) is 0 Å². The van der Waals surface area contributed by atoms with E-state index in [0.717, 1.165) is 5.69 Å². The largest absolute Gasteiger partial charge is 0.310 e. The predicted octanol–water partition coefficient (Wildman–Crippen LogP) is 5.40. The van der Waals surface area contributed by atoms with Gasteiger partial charge in [-0.25, -0.2) is 0 Å². The van der Waals surface area contributed by atoms with Crippen molar-refractivity contribution >= 4 is 17.3 Å². The number of pyridine rings is 1. The van der Waals surface area contributed by atoms with Crippen molar-refractivity contribution < 1.29 is 4.92 Å². The Kier molecular flexibility index (Phi) is 6.45. The van der Waals surface area contributed by atoms with Crippen molar-refractivity contribution in [2.75, 3.05) is 0 Å². The van der Waals surface area contributed by atoms with Crippen LogP contribution in [0.25, 0.3) is 0 Å². The van der Waals surface area contributed by atoms with E-state index >= 15 is 0 Å². The Morgan fingerprint density at radius 1 is 1.26 bits per heavy atom. The lowest BCUT2D eigenvalue weighted by molar-refractivity contribution is -0.385. The molecule has 1 atom stereocenters. The molecule has 1 unspecified atom stereocenters. The number of nitro benzene ring substituents is 1. The number of hydrogen-bond acceptors (Lipinski definition) is 4. The van der Waals surface area contributed by atoms with Crippen molar-refractivity contribution in [1.82, 2.24) is 10.3 Å². The number of aryl methyl sites for hydroxylation is 1. The van der Waals surface area contributed by atoms with E-state index in [-0.39, 0.29) is 10.6 Å². The lowest BCUT2D eigenvalue weighted by atomic mass is 9.76. The molecule has 1 fully saturated rings. The maximum absolute atomic E-state index is 11.2. The van der Waals surface area contributed by atoms with Gasteiger partial charge in [0.25, 0.3) is 5.69 Å². The van der Waals surface area contributed by atoms with Gasteiger partial charge in [-0.1, -0.05) is 11.6 Å². The van der Waals surface area contributed by atoms with Crippen LogP contribution in [0.15, 0.2) is 36.5 Å². The second-order valence-corrected chi connectivity index (χ2v) is 7.98. The number of aromatic nitrogens is 1. The summed E-state index contributed by atoms with van der Waals surface area (Å²) in [4.78, 5) is 15.2. The topological polar surface area (TPSA) is 68.1 Å². The van der Waals surface area contributed by atoms with Crippen LogP contribution in [0.2, 0.25) is 5.02 Å². The predicted molar refractivity (Wildman–Crippen MR) is 108 cm³/mol. The number of rotatable bonds is 6. The minimum atomic E-state index is -0.366. The van der Waals surface area contributed by atoms with Gasteiger partial charge < -0.3 is 5.32 Å². The number of nitrogens with one attached hydrogen (secondary N) is 1. The Hall–Kier alpha value is -1.98. The highest BCUT2D eigenvalue weighted by Gasteiger charge is 2.26. The maximum Gasteiger partial charge on any atom is 0.275 e. The van der Waals surface area contributed by atoms with Crippen molar-refractivity contribution in [3.8, 4) is 0 Å². The van der Waals surface area contributed by atoms with E-state index in [1.807, 2.05) is 13.1 Å². The standard InChI is InChI=1S/C21H26ClN3O2/c1-14-11-18(9-10-23-14)17-5-3-16(4-6-17)15(2)24-13-19-7-8-20(22)12-21(19)25(26)27/h7-12,15-17,24H,3-6,13H2,1-2H3. The Bertz CT molecular complexity index is 804. The van der Waals surface area contributed by atoms with Crippen LogP contribution in [0, 0.1) is 23.0 Å². The zero-order chi connectivity index (χ0) is 19.4. The summed E-state index contributed by atoms with van der Waals surface area (Å²) < 4.78 is 0. The number of nitrogens with zero attached hydrogens (tertiary/aromatic N) is 2. The third-order valence-corrected chi connectivity index (χ3v) is 5.96. The SMILES string of the molecule is Cc1cc(C2CCC(C(C)NCc3ccc(Cl)cc3[N+](=O)[O-])CC2)ccn1. The van der Waals surface area contributed by atoms with E-state index in [9.17, 15) is 10.1 Å². The fourth-order valence-corrected chi connectivity index (χ4v) is 4.23. The van der Waals surface area contributed by atoms with Gasteiger partial charge >= 0.3 is 0 Å². The van der Waals surface area contributed by atoms with Crippen LogP contribution >= 0.6 is 11.6 Å². The van der Waals surface area contributed by atoms with Gasteiger partial charge in [0.2, 0.25) is 0 Å². The number of hydrogen-bond donors (Lipinski definition) is 1. The van der Waals surface area contributed by atoms with Crippen LogP contribution < -0.4 is 5.32 Å². The molecule has 0 spiro atoms. The average molecular weight is 388 g/mol. The summed E-state index contributed by atoms with van der Waals surface area (Å²) in [6, 6.07) is 9.53. The first-order valence-electron chi connectivity index (χ1n) is 9.53. The summed E-state index contributed by atoms with van der Waals surface area (Å²) in [7, 11) is 0. The summed E-state index contributed by atoms with van der Waals surface area (Å²) in [6.45, 7) is 4.71. The van der Waals surface area contributed by atoms with Gasteiger partial charge in [0.1, 0.15) is 0 Å². The molecule has 0 saturated heterocycles. The molecule has 0 aliphatic heterocycles. The zero-order valence-corrected chi connectivity index (χ0v) is 16.6. The second-order valence-electron chi connectivity index (χ2n) is 7.54. The molecule has 6 heteroatoms. The fourth-order valence-electron chi connectivity index (χ4n) is 4.07. The summed E-state index contributed by atoms with van der Waals surface area (Å²) in [6.07, 6.45) is 6.61. The Morgan fingerprint density at radius 3 is 2.67 bits per heavy atom. The van der Waals surface area contributed by atoms with Crippen LogP contribution in [0.1, 0.15) is 55.3 Å². The first-order chi connectivity index (χ1) is 12.9. The summed E-state index contributed by atoms with van der Waals surface area (Å²) in [5.74, 6) is 1.21. The number of nitro groups is 1. The molecule has 2 aromatic rings. The summed E-state index contributed by atoms with van der Waals surface area (Å²) in [5.41, 5.74) is 3.24. The molecule has 1 aliphatic rings. The molecule has 1 heterocycles. The first-order valence-corrected chi connectivity index (χ1v) is 9.90. The smallest absolute Gasteiger partial charge is 0.275 e. The molecule has 1 aromatic heterocycles. The molecule has 1 saturated carbocycles. The quantitative estimate of drug-likeness (QED) is 0.532. The molecule has 3 rings (SSSR count). The van der Waals surface area contributed by atoms with Gasteiger partial charge in [0, 0.05) is 41.1 Å². The van der Waals surface area contributed by atoms with Gasteiger partial charge in [-0.15, -0.1) is 0 Å². The highest BCUT2D eigenvalue weighted by Crippen LogP contribution is 2.37. The van der Waals surface area contributed by atoms with Crippen LogP contribution in [0.5, 0.6) is 0 Å². The van der Waals surface area contributed by atoms with Crippen molar-refractivity contribution in [2.45, 2.75) is 58.0 Å². The van der Waals surface area contributed by atoms with Crippen LogP contribution in [-0.4, -0.2) is 15.9 Å². The fraction of sp³-hybridized carbons (Fsp3) is 0.476. The monoisotopic (exact) mass is 387 g/mol. The van der Waals surface area contributed by atoms with E-state index in [0.29, 0.717) is 35.0 Å². The molecule has 0 bridgehead atoms. The Morgan fingerprint density at radius 2 is 2.00 bits per heavy atom. The van der Waals surface area contributed by atoms with Gasteiger partial charge in [-0.2, -0.15) is 0 Å². The average Bonchev–Trinajstić information content (AvgIpc) is 2.66. The van der Waals surface area contributed by atoms with Crippen LogP contribution in [-0.2, 0) is 6.54 Å². The van der Waals surface area contributed by atoms with E-state index in [4.69, 9.17) is 11.6 Å². The molecule has 1 N–H and O–H groups in total. The normalized spacial score (nSPS) is 21.0. The molecule has 144 valence electrons. The molecule has 27 heavy (non-hydrogen) atoms. The zero-order valence-electron chi connectivity index (χ0n) is 15.8. The molecular weight excluding hydrogens is 362 g/mol. The molecule has 0 amide bonds. The Balaban J connectivity index is 1.54. The molecular formula is C21H26ClN3O2. The number of halogens is 1. The maximum atomic E-state index is 11.2. The van der Waals surface area contributed by atoms with Crippen LogP contribution in [0.4, 0.5) is 5.69 Å². The third kappa shape index (κ3) is 5.05. The van der Waals surface area contributed by atoms with Crippen LogP contribution in [0.3, 0.4) is 0 Å². The lowest BCUT2D eigenvalue weighted by Gasteiger charge is -2.33. The Labute approximate surface area is 165 Å². The van der Waals surface area contributed by atoms with E-state index in [1.54, 1.807) is 12.1 Å². The number of benzene rings is 1. The van der Waals surface area contributed by atoms with E-state index in [1.165, 1.54) is 37.3 Å². The summed E-state index contributed by atoms with van der Waals surface area (Å²) in [5, 5.41) is 15.1. The minimum Gasteiger partial charge on any atom is -0.310 e. The highest BCUT2D eigenvalue weighted by atomic mass is 35.5. The summed E-state index contributed by atoms with van der Waals surface area (Å²) >= 11 is 5.89. The van der Waals surface area contributed by atoms with Gasteiger partial charge in [0.15, 0.2) is 0 Å². The van der Waals surface area contributed by atoms with Crippen molar-refractivity contribution in [1.29, 1.82) is 0 Å². The molecule has 0 radical (unpaired) electrons. The lowest BCUT2D eigenvalue weighted by Crippen LogP contribution is -2.35. The van der Waals surface area contributed by atoms with Crippen molar-refractivity contribution in [3.05, 3.63) is 68.5 Å². The van der Waals surface area contributed by atoms with Gasteiger partial charge in [0.05, 0.1) is 4.92 Å². The van der Waals surface area contributed by atoms with Crippen molar-refractivity contribution in [2.24, 2.45) is 5.92 Å². The molecule has 1 aliphatic carbocycles. The highest BCUT2D eigenvalue weighted by molar-refractivity contribution is 6.30. The minimum absolute atomic E-state index is 0.0824. The molecule has 1 aromatic carbocycles. The van der Waals surface area contributed by atoms with Gasteiger partial charge in [-0.3, -0.25) is 15.1 Å². The first kappa shape index (κ1) is 19.8. The second kappa shape index (κ2) is 8.81.